The van der Waals surface area contributed by atoms with Gasteiger partial charge in [0.25, 0.3) is 0 Å². The zero-order chi connectivity index (χ0) is 23.5. The number of benzene rings is 1. The summed E-state index contributed by atoms with van der Waals surface area (Å²) in [5.74, 6) is 0. The number of urea groups is 1. The standard InChI is InChI=1S/C19H24F3N5O4S/c1-3-13-8-14(19(20,21)22)10-15(9-13)24-18(28)25-32(29,30)27(16-4-6-31-7-5-16)17-11-23-26(2)12-17/h8-12,16H,3-7H2,1-2H3,(H2,24,25,28). The summed E-state index contributed by atoms with van der Waals surface area (Å²) in [7, 11) is -2.77. The molecule has 0 radical (unpaired) electrons. The third-order valence-electron chi connectivity index (χ3n) is 4.94. The van der Waals surface area contributed by atoms with Crippen LogP contribution in [0.2, 0.25) is 0 Å². The number of nitrogens with one attached hydrogen (secondary N) is 2. The van der Waals surface area contributed by atoms with Gasteiger partial charge in [0.2, 0.25) is 0 Å². The number of nitrogens with zero attached hydrogens (tertiary/aromatic N) is 3. The predicted octanol–water partition coefficient (Wildman–Crippen LogP) is 3.05. The van der Waals surface area contributed by atoms with E-state index in [1.165, 1.54) is 23.1 Å². The lowest BCUT2D eigenvalue weighted by molar-refractivity contribution is -0.137. The number of aromatic nitrogens is 2. The van der Waals surface area contributed by atoms with E-state index in [0.717, 1.165) is 16.4 Å². The SMILES string of the molecule is CCc1cc(NC(=O)NS(=O)(=O)N(c2cnn(C)c2)C2CCOCC2)cc(C(F)(F)F)c1. The third-order valence-corrected chi connectivity index (χ3v) is 6.41. The summed E-state index contributed by atoms with van der Waals surface area (Å²) in [6.45, 7) is 2.38. The van der Waals surface area contributed by atoms with Crippen molar-refractivity contribution in [3.8, 4) is 0 Å². The van der Waals surface area contributed by atoms with Crippen LogP contribution in [0.25, 0.3) is 0 Å². The van der Waals surface area contributed by atoms with Gasteiger partial charge in [0.1, 0.15) is 0 Å². The Morgan fingerprint density at radius 2 is 1.97 bits per heavy atom. The number of ether oxygens (including phenoxy) is 1. The van der Waals surface area contributed by atoms with Crippen molar-refractivity contribution in [1.82, 2.24) is 14.5 Å². The summed E-state index contributed by atoms with van der Waals surface area (Å²) in [4.78, 5) is 12.5. The molecule has 13 heteroatoms. The van der Waals surface area contributed by atoms with Crippen LogP contribution in [0.3, 0.4) is 0 Å². The minimum absolute atomic E-state index is 0.164. The molecule has 0 saturated carbocycles. The second kappa shape index (κ2) is 9.36. The maximum Gasteiger partial charge on any atom is 0.416 e. The predicted molar refractivity (Wildman–Crippen MR) is 111 cm³/mol. The van der Waals surface area contributed by atoms with Gasteiger partial charge in [-0.15, -0.1) is 0 Å². The van der Waals surface area contributed by atoms with Gasteiger partial charge in [0.15, 0.2) is 0 Å². The van der Waals surface area contributed by atoms with Crippen molar-refractivity contribution in [2.24, 2.45) is 7.05 Å². The lowest BCUT2D eigenvalue weighted by Crippen LogP contribution is -2.51. The lowest BCUT2D eigenvalue weighted by Gasteiger charge is -2.33. The Bertz CT molecular complexity index is 1070. The van der Waals surface area contributed by atoms with E-state index in [-0.39, 0.29) is 11.4 Å². The molecular weight excluding hydrogens is 451 g/mol. The van der Waals surface area contributed by atoms with E-state index in [2.05, 4.69) is 10.4 Å². The van der Waals surface area contributed by atoms with Gasteiger partial charge in [0, 0.05) is 32.1 Å². The molecule has 3 rings (SSSR count). The molecule has 0 atom stereocenters. The van der Waals surface area contributed by atoms with Crippen LogP contribution in [-0.2, 0) is 34.6 Å². The summed E-state index contributed by atoms with van der Waals surface area (Å²) < 4.78 is 75.3. The second-order valence-electron chi connectivity index (χ2n) is 7.34. The molecule has 2 amide bonds. The number of hydrogen-bond donors (Lipinski definition) is 2. The van der Waals surface area contributed by atoms with Gasteiger partial charge in [0.05, 0.1) is 23.5 Å². The molecule has 2 heterocycles. The molecule has 176 valence electrons. The first kappa shape index (κ1) is 23.9. The van der Waals surface area contributed by atoms with Crippen LogP contribution in [-0.4, -0.2) is 43.5 Å². The average molecular weight is 475 g/mol. The van der Waals surface area contributed by atoms with Gasteiger partial charge in [-0.1, -0.05) is 6.92 Å². The molecule has 1 aromatic heterocycles. The Hall–Kier alpha value is -2.80. The molecule has 1 aliphatic rings. The van der Waals surface area contributed by atoms with Crippen LogP contribution in [0.5, 0.6) is 0 Å². The summed E-state index contributed by atoms with van der Waals surface area (Å²) in [5, 5.41) is 6.19. The van der Waals surface area contributed by atoms with Crippen molar-refractivity contribution in [3.05, 3.63) is 41.7 Å². The Kier molecular flexibility index (Phi) is 6.98. The van der Waals surface area contributed by atoms with Crippen molar-refractivity contribution in [1.29, 1.82) is 0 Å². The largest absolute Gasteiger partial charge is 0.416 e. The topological polar surface area (TPSA) is 106 Å². The smallest absolute Gasteiger partial charge is 0.381 e. The molecule has 0 unspecified atom stereocenters. The molecule has 1 fully saturated rings. The van der Waals surface area contributed by atoms with E-state index < -0.39 is 34.0 Å². The zero-order valence-corrected chi connectivity index (χ0v) is 18.3. The molecule has 2 N–H and O–H groups in total. The number of aryl methyl sites for hydroxylation is 2. The maximum atomic E-state index is 13.1. The highest BCUT2D eigenvalue weighted by molar-refractivity contribution is 7.91. The number of alkyl halides is 3. The molecule has 1 aliphatic heterocycles. The highest BCUT2D eigenvalue weighted by atomic mass is 32.2. The maximum absolute atomic E-state index is 13.1. The fourth-order valence-electron chi connectivity index (χ4n) is 3.44. The summed E-state index contributed by atoms with van der Waals surface area (Å²) in [6.07, 6.45) is -0.642. The highest BCUT2D eigenvalue weighted by Gasteiger charge is 2.34. The first-order valence-electron chi connectivity index (χ1n) is 9.90. The van der Waals surface area contributed by atoms with Gasteiger partial charge in [-0.3, -0.25) is 4.68 Å². The van der Waals surface area contributed by atoms with Crippen molar-refractivity contribution < 1.29 is 31.1 Å². The van der Waals surface area contributed by atoms with Gasteiger partial charge >= 0.3 is 22.4 Å². The van der Waals surface area contributed by atoms with Crippen molar-refractivity contribution in [3.63, 3.8) is 0 Å². The first-order valence-corrected chi connectivity index (χ1v) is 11.3. The normalized spacial score (nSPS) is 15.4. The van der Waals surface area contributed by atoms with E-state index in [1.807, 2.05) is 4.72 Å². The Balaban J connectivity index is 1.83. The number of carbonyl (C=O) groups excluding carboxylic acids is 1. The van der Waals surface area contributed by atoms with Gasteiger partial charge in [-0.25, -0.2) is 13.8 Å². The number of halogens is 3. The second-order valence-corrected chi connectivity index (χ2v) is 8.89. The van der Waals surface area contributed by atoms with Gasteiger partial charge in [-0.05, 0) is 43.0 Å². The van der Waals surface area contributed by atoms with Crippen molar-refractivity contribution >= 4 is 27.6 Å². The van der Waals surface area contributed by atoms with Crippen LogP contribution < -0.4 is 14.3 Å². The van der Waals surface area contributed by atoms with Gasteiger partial charge < -0.3 is 10.1 Å². The summed E-state index contributed by atoms with van der Waals surface area (Å²) in [6, 6.07) is 1.45. The van der Waals surface area contributed by atoms with E-state index in [0.29, 0.717) is 38.0 Å². The Morgan fingerprint density at radius 3 is 2.53 bits per heavy atom. The highest BCUT2D eigenvalue weighted by Crippen LogP contribution is 2.32. The van der Waals surface area contributed by atoms with Crippen molar-refractivity contribution in [2.75, 3.05) is 22.8 Å². The van der Waals surface area contributed by atoms with Crippen LogP contribution >= 0.6 is 0 Å². The van der Waals surface area contributed by atoms with Crippen LogP contribution in [0.4, 0.5) is 29.3 Å². The van der Waals surface area contributed by atoms with Gasteiger partial charge in [-0.2, -0.15) is 26.7 Å². The minimum Gasteiger partial charge on any atom is -0.381 e. The average Bonchev–Trinajstić information content (AvgIpc) is 3.12. The molecule has 9 nitrogen and oxygen atoms in total. The quantitative estimate of drug-likeness (QED) is 0.668. The van der Waals surface area contributed by atoms with E-state index >= 15 is 0 Å². The molecule has 0 bridgehead atoms. The zero-order valence-electron chi connectivity index (χ0n) is 17.5. The summed E-state index contributed by atoms with van der Waals surface area (Å²) in [5.41, 5.74) is -0.498. The molecule has 32 heavy (non-hydrogen) atoms. The fourth-order valence-corrected chi connectivity index (χ4v) is 4.80. The lowest BCUT2D eigenvalue weighted by atomic mass is 10.1. The molecular formula is C19H24F3N5O4S. The van der Waals surface area contributed by atoms with Crippen LogP contribution in [0.1, 0.15) is 30.9 Å². The number of amides is 2. The molecule has 1 aromatic carbocycles. The molecule has 2 aromatic rings. The number of hydrogen-bond acceptors (Lipinski definition) is 5. The summed E-state index contributed by atoms with van der Waals surface area (Å²) >= 11 is 0. The molecule has 0 aliphatic carbocycles. The Morgan fingerprint density at radius 1 is 1.28 bits per heavy atom. The molecule has 0 spiro atoms. The Labute approximate surface area is 183 Å². The minimum atomic E-state index is -4.61. The first-order chi connectivity index (χ1) is 15.0. The number of rotatable bonds is 6. The molecule has 1 saturated heterocycles. The van der Waals surface area contributed by atoms with E-state index in [4.69, 9.17) is 4.74 Å². The monoisotopic (exact) mass is 475 g/mol. The number of anilines is 2. The van der Waals surface area contributed by atoms with Crippen LogP contribution in [0, 0.1) is 0 Å². The number of carbonyl (C=O) groups is 1. The van der Waals surface area contributed by atoms with E-state index in [1.54, 1.807) is 14.0 Å². The van der Waals surface area contributed by atoms with Crippen molar-refractivity contribution in [2.45, 2.75) is 38.4 Å². The van der Waals surface area contributed by atoms with Crippen LogP contribution in [0.15, 0.2) is 30.6 Å². The third kappa shape index (κ3) is 5.71. The fraction of sp³-hybridized carbons (Fsp3) is 0.474. The van der Waals surface area contributed by atoms with E-state index in [9.17, 15) is 26.4 Å².